The van der Waals surface area contributed by atoms with Gasteiger partial charge in [0.25, 0.3) is 0 Å². The minimum Gasteiger partial charge on any atom is -0.379 e. The van der Waals surface area contributed by atoms with Gasteiger partial charge in [0, 0.05) is 23.0 Å². The van der Waals surface area contributed by atoms with Gasteiger partial charge in [-0.25, -0.2) is 4.31 Å². The topological polar surface area (TPSA) is 12.5 Å². The van der Waals surface area contributed by atoms with E-state index in [4.69, 9.17) is 16.3 Å². The number of morpholine rings is 1. The summed E-state index contributed by atoms with van der Waals surface area (Å²) in [7, 11) is 0. The fraction of sp³-hybridized carbons (Fsp3) is 0.400. The molecule has 14 heavy (non-hydrogen) atoms. The van der Waals surface area contributed by atoms with Crippen LogP contribution in [0, 0.1) is 0 Å². The van der Waals surface area contributed by atoms with Gasteiger partial charge in [0.05, 0.1) is 13.2 Å². The fourth-order valence-electron chi connectivity index (χ4n) is 1.28. The SMILES string of the molecule is Clc1ccc(SN2CCOCC2)cc1. The Labute approximate surface area is 93.3 Å². The first-order valence-corrected chi connectivity index (χ1v) is 5.76. The van der Waals surface area contributed by atoms with Crippen LogP contribution >= 0.6 is 23.5 Å². The maximum absolute atomic E-state index is 5.81. The van der Waals surface area contributed by atoms with Gasteiger partial charge in [-0.2, -0.15) is 0 Å². The van der Waals surface area contributed by atoms with E-state index >= 15 is 0 Å². The molecule has 2 rings (SSSR count). The molecule has 1 aliphatic heterocycles. The van der Waals surface area contributed by atoms with Crippen molar-refractivity contribution in [1.82, 2.24) is 4.31 Å². The van der Waals surface area contributed by atoms with Crippen LogP contribution in [-0.2, 0) is 4.74 Å². The molecule has 76 valence electrons. The third-order valence-electron chi connectivity index (χ3n) is 2.02. The van der Waals surface area contributed by atoms with Gasteiger partial charge in [-0.05, 0) is 36.2 Å². The highest BCUT2D eigenvalue weighted by Crippen LogP contribution is 2.24. The summed E-state index contributed by atoms with van der Waals surface area (Å²) < 4.78 is 7.59. The Kier molecular flexibility index (Phi) is 3.70. The Morgan fingerprint density at radius 2 is 1.79 bits per heavy atom. The zero-order valence-corrected chi connectivity index (χ0v) is 9.35. The molecule has 0 atom stereocenters. The van der Waals surface area contributed by atoms with Crippen molar-refractivity contribution in [2.75, 3.05) is 26.3 Å². The third kappa shape index (κ3) is 2.89. The lowest BCUT2D eigenvalue weighted by atomic mass is 10.4. The molecule has 4 heteroatoms. The standard InChI is InChI=1S/C10H12ClNOS/c11-9-1-3-10(4-2-9)14-12-5-7-13-8-6-12/h1-4H,5-8H2. The zero-order chi connectivity index (χ0) is 9.80. The van der Waals surface area contributed by atoms with Crippen molar-refractivity contribution in [3.05, 3.63) is 29.3 Å². The normalized spacial score (nSPS) is 18.4. The number of ether oxygens (including phenoxy) is 1. The molecule has 0 radical (unpaired) electrons. The molecule has 0 spiro atoms. The monoisotopic (exact) mass is 229 g/mol. The average Bonchev–Trinajstić information content (AvgIpc) is 2.23. The highest BCUT2D eigenvalue weighted by molar-refractivity contribution is 7.97. The van der Waals surface area contributed by atoms with Gasteiger partial charge in [0.1, 0.15) is 0 Å². The molecule has 0 aliphatic carbocycles. The van der Waals surface area contributed by atoms with Gasteiger partial charge in [-0.1, -0.05) is 11.6 Å². The molecule has 1 aromatic rings. The van der Waals surface area contributed by atoms with Crippen LogP contribution in [-0.4, -0.2) is 30.6 Å². The molecular weight excluding hydrogens is 218 g/mol. The van der Waals surface area contributed by atoms with Crippen LogP contribution < -0.4 is 0 Å². The smallest absolute Gasteiger partial charge is 0.0603 e. The third-order valence-corrected chi connectivity index (χ3v) is 3.38. The summed E-state index contributed by atoms with van der Waals surface area (Å²) in [6.45, 7) is 3.65. The summed E-state index contributed by atoms with van der Waals surface area (Å²) >= 11 is 7.58. The Hall–Kier alpha value is -0.220. The summed E-state index contributed by atoms with van der Waals surface area (Å²) in [5.74, 6) is 0. The molecule has 1 fully saturated rings. The molecule has 0 saturated carbocycles. The molecule has 0 aromatic heterocycles. The number of hydrogen-bond acceptors (Lipinski definition) is 3. The summed E-state index contributed by atoms with van der Waals surface area (Å²) in [5.41, 5.74) is 0. The second-order valence-electron chi connectivity index (χ2n) is 3.09. The van der Waals surface area contributed by atoms with Crippen LogP contribution in [0.5, 0.6) is 0 Å². The molecule has 1 aromatic carbocycles. The van der Waals surface area contributed by atoms with E-state index in [1.54, 1.807) is 11.9 Å². The van der Waals surface area contributed by atoms with Gasteiger partial charge in [0.2, 0.25) is 0 Å². The van der Waals surface area contributed by atoms with Crippen molar-refractivity contribution in [3.8, 4) is 0 Å². The fourth-order valence-corrected chi connectivity index (χ4v) is 2.30. The average molecular weight is 230 g/mol. The highest BCUT2D eigenvalue weighted by Gasteiger charge is 2.11. The maximum atomic E-state index is 5.81. The van der Waals surface area contributed by atoms with Gasteiger partial charge < -0.3 is 4.74 Å². The van der Waals surface area contributed by atoms with Gasteiger partial charge in [-0.15, -0.1) is 0 Å². The number of nitrogens with zero attached hydrogens (tertiary/aromatic N) is 1. The Morgan fingerprint density at radius 1 is 1.14 bits per heavy atom. The Balaban J connectivity index is 1.92. The summed E-state index contributed by atoms with van der Waals surface area (Å²) in [4.78, 5) is 1.23. The van der Waals surface area contributed by atoms with E-state index in [9.17, 15) is 0 Å². The second kappa shape index (κ2) is 5.03. The van der Waals surface area contributed by atoms with Crippen molar-refractivity contribution >= 4 is 23.5 Å². The van der Waals surface area contributed by atoms with E-state index in [1.807, 2.05) is 24.3 Å². The number of rotatable bonds is 2. The lowest BCUT2D eigenvalue weighted by molar-refractivity contribution is 0.0773. The van der Waals surface area contributed by atoms with Gasteiger partial charge >= 0.3 is 0 Å². The van der Waals surface area contributed by atoms with E-state index in [0.717, 1.165) is 31.3 Å². The van der Waals surface area contributed by atoms with Crippen LogP contribution in [0.1, 0.15) is 0 Å². The number of benzene rings is 1. The van der Waals surface area contributed by atoms with Crippen LogP contribution in [0.2, 0.25) is 5.02 Å². The van der Waals surface area contributed by atoms with E-state index in [1.165, 1.54) is 4.90 Å². The van der Waals surface area contributed by atoms with Crippen molar-refractivity contribution in [2.45, 2.75) is 4.90 Å². The van der Waals surface area contributed by atoms with Gasteiger partial charge in [0.15, 0.2) is 0 Å². The summed E-state index contributed by atoms with van der Waals surface area (Å²) in [6.07, 6.45) is 0. The highest BCUT2D eigenvalue weighted by atomic mass is 35.5. The number of hydrogen-bond donors (Lipinski definition) is 0. The van der Waals surface area contributed by atoms with Crippen LogP contribution in [0.4, 0.5) is 0 Å². The molecule has 2 nitrogen and oxygen atoms in total. The maximum Gasteiger partial charge on any atom is 0.0603 e. The molecule has 0 bridgehead atoms. The first-order valence-electron chi connectivity index (χ1n) is 4.61. The summed E-state index contributed by atoms with van der Waals surface area (Å²) in [5, 5.41) is 0.788. The molecule has 1 saturated heterocycles. The van der Waals surface area contributed by atoms with Crippen LogP contribution in [0.3, 0.4) is 0 Å². The van der Waals surface area contributed by atoms with Crippen molar-refractivity contribution in [1.29, 1.82) is 0 Å². The lowest BCUT2D eigenvalue weighted by Crippen LogP contribution is -2.30. The van der Waals surface area contributed by atoms with Gasteiger partial charge in [-0.3, -0.25) is 0 Å². The Bertz CT molecular complexity index is 285. The Morgan fingerprint density at radius 3 is 2.43 bits per heavy atom. The predicted molar refractivity (Wildman–Crippen MR) is 59.7 cm³/mol. The largest absolute Gasteiger partial charge is 0.379 e. The number of halogens is 1. The van der Waals surface area contributed by atoms with Crippen molar-refractivity contribution < 1.29 is 4.74 Å². The predicted octanol–water partition coefficient (Wildman–Crippen LogP) is 2.68. The van der Waals surface area contributed by atoms with Crippen LogP contribution in [0.25, 0.3) is 0 Å². The van der Waals surface area contributed by atoms with E-state index < -0.39 is 0 Å². The quantitative estimate of drug-likeness (QED) is 0.724. The minimum atomic E-state index is 0.788. The van der Waals surface area contributed by atoms with Crippen LogP contribution in [0.15, 0.2) is 29.2 Å². The minimum absolute atomic E-state index is 0.788. The van der Waals surface area contributed by atoms with E-state index in [-0.39, 0.29) is 0 Å². The molecule has 0 unspecified atom stereocenters. The van der Waals surface area contributed by atoms with Crippen molar-refractivity contribution in [2.24, 2.45) is 0 Å². The van der Waals surface area contributed by atoms with Crippen molar-refractivity contribution in [3.63, 3.8) is 0 Å². The summed E-state index contributed by atoms with van der Waals surface area (Å²) in [6, 6.07) is 7.93. The molecular formula is C10H12ClNOS. The first-order chi connectivity index (χ1) is 6.84. The molecule has 0 amide bonds. The lowest BCUT2D eigenvalue weighted by Gasteiger charge is -2.25. The molecule has 1 heterocycles. The van der Waals surface area contributed by atoms with E-state index in [0.29, 0.717) is 0 Å². The first kappa shape index (κ1) is 10.3. The zero-order valence-electron chi connectivity index (χ0n) is 7.78. The van der Waals surface area contributed by atoms with E-state index in [2.05, 4.69) is 4.31 Å². The second-order valence-corrected chi connectivity index (χ2v) is 4.69. The molecule has 1 aliphatic rings. The molecule has 0 N–H and O–H groups in total.